The van der Waals surface area contributed by atoms with Crippen molar-refractivity contribution in [2.24, 2.45) is 0 Å². The molecule has 0 unspecified atom stereocenters. The molecule has 0 aliphatic carbocycles. The molecule has 7 heteroatoms. The third kappa shape index (κ3) is 3.73. The number of ether oxygens (including phenoxy) is 2. The maximum atomic E-state index is 13.4. The lowest BCUT2D eigenvalue weighted by molar-refractivity contribution is -0.00461. The molecule has 0 bridgehead atoms. The molecule has 0 saturated carbocycles. The number of rotatable bonds is 4. The second-order valence-corrected chi connectivity index (χ2v) is 7.49. The van der Waals surface area contributed by atoms with E-state index in [1.165, 1.54) is 12.1 Å². The molecule has 2 aromatic carbocycles. The SMILES string of the molecule is Fc1cccc(NC2CO[C@H]3CN(Cc4nc5ccccc5[nH]4)C[C@@H]3OC2)c1. The molecule has 5 rings (SSSR count). The van der Waals surface area contributed by atoms with Crippen LogP contribution >= 0.6 is 0 Å². The number of benzene rings is 2. The van der Waals surface area contributed by atoms with Gasteiger partial charge in [-0.1, -0.05) is 18.2 Å². The van der Waals surface area contributed by atoms with Crippen LogP contribution in [-0.2, 0) is 16.0 Å². The van der Waals surface area contributed by atoms with E-state index in [9.17, 15) is 4.39 Å². The minimum atomic E-state index is -0.251. The van der Waals surface area contributed by atoms with Gasteiger partial charge in [-0.3, -0.25) is 4.90 Å². The van der Waals surface area contributed by atoms with E-state index >= 15 is 0 Å². The van der Waals surface area contributed by atoms with Crippen molar-refractivity contribution in [3.05, 3.63) is 60.2 Å². The Bertz CT molecular complexity index is 913. The fraction of sp³-hybridized carbons (Fsp3) is 0.381. The lowest BCUT2D eigenvalue weighted by atomic mass is 10.2. The highest BCUT2D eigenvalue weighted by atomic mass is 19.1. The van der Waals surface area contributed by atoms with Crippen molar-refractivity contribution in [1.29, 1.82) is 0 Å². The predicted molar refractivity (Wildman–Crippen MR) is 105 cm³/mol. The molecule has 2 N–H and O–H groups in total. The minimum absolute atomic E-state index is 0.0104. The number of H-pyrrole nitrogens is 1. The molecule has 3 aromatic rings. The number of aromatic amines is 1. The summed E-state index contributed by atoms with van der Waals surface area (Å²) >= 11 is 0. The Hall–Kier alpha value is -2.48. The van der Waals surface area contributed by atoms with Crippen molar-refractivity contribution < 1.29 is 13.9 Å². The zero-order chi connectivity index (χ0) is 18.9. The molecule has 2 fully saturated rings. The zero-order valence-corrected chi connectivity index (χ0v) is 15.5. The summed E-state index contributed by atoms with van der Waals surface area (Å²) in [6.45, 7) is 3.45. The standard InChI is InChI=1S/C21H23FN4O2/c22-14-4-3-5-15(8-14)23-16-12-27-19-9-26(10-20(19)28-13-16)11-21-24-17-6-1-2-7-18(17)25-21/h1-8,16,19-20,23H,9-13H2,(H,24,25)/t19-,20-/m0/s1. The maximum Gasteiger partial charge on any atom is 0.125 e. The molecule has 0 amide bonds. The van der Waals surface area contributed by atoms with Gasteiger partial charge in [-0.15, -0.1) is 0 Å². The van der Waals surface area contributed by atoms with Crippen LogP contribution in [0.3, 0.4) is 0 Å². The molecule has 146 valence electrons. The molecule has 3 heterocycles. The first-order chi connectivity index (χ1) is 13.7. The number of likely N-dealkylation sites (tertiary alicyclic amines) is 1. The topological polar surface area (TPSA) is 62.4 Å². The highest BCUT2D eigenvalue weighted by molar-refractivity contribution is 5.74. The molecule has 6 nitrogen and oxygen atoms in total. The monoisotopic (exact) mass is 382 g/mol. The molecule has 2 aliphatic heterocycles. The molecule has 2 aliphatic rings. The van der Waals surface area contributed by atoms with Crippen LogP contribution in [0.25, 0.3) is 11.0 Å². The fourth-order valence-electron chi connectivity index (χ4n) is 3.99. The number of fused-ring (bicyclic) bond motifs is 2. The third-order valence-electron chi connectivity index (χ3n) is 5.32. The molecule has 28 heavy (non-hydrogen) atoms. The van der Waals surface area contributed by atoms with Gasteiger partial charge < -0.3 is 19.8 Å². The molecule has 1 aromatic heterocycles. The molecule has 0 spiro atoms. The Labute approximate surface area is 162 Å². The van der Waals surface area contributed by atoms with Gasteiger partial charge in [0.15, 0.2) is 0 Å². The summed E-state index contributed by atoms with van der Waals surface area (Å²) in [4.78, 5) is 10.4. The second-order valence-electron chi connectivity index (χ2n) is 7.49. The van der Waals surface area contributed by atoms with Crippen LogP contribution in [0.15, 0.2) is 48.5 Å². The Morgan fingerprint density at radius 3 is 2.61 bits per heavy atom. The smallest absolute Gasteiger partial charge is 0.125 e. The number of imidazole rings is 1. The normalized spacial score (nSPS) is 23.6. The van der Waals surface area contributed by atoms with E-state index in [1.54, 1.807) is 6.07 Å². The van der Waals surface area contributed by atoms with Gasteiger partial charge in [0, 0.05) is 18.8 Å². The van der Waals surface area contributed by atoms with E-state index < -0.39 is 0 Å². The fourth-order valence-corrected chi connectivity index (χ4v) is 3.99. The van der Waals surface area contributed by atoms with Gasteiger partial charge in [-0.25, -0.2) is 9.37 Å². The van der Waals surface area contributed by atoms with Crippen LogP contribution in [-0.4, -0.2) is 59.4 Å². The number of hydrogen-bond donors (Lipinski definition) is 2. The zero-order valence-electron chi connectivity index (χ0n) is 15.5. The number of para-hydroxylation sites is 2. The average molecular weight is 382 g/mol. The summed E-state index contributed by atoms with van der Waals surface area (Å²) < 4.78 is 25.6. The van der Waals surface area contributed by atoms with Crippen molar-refractivity contribution in [2.45, 2.75) is 24.8 Å². The van der Waals surface area contributed by atoms with Crippen LogP contribution in [0.1, 0.15) is 5.82 Å². The van der Waals surface area contributed by atoms with E-state index in [0.717, 1.165) is 42.2 Å². The quantitative estimate of drug-likeness (QED) is 0.727. The van der Waals surface area contributed by atoms with Gasteiger partial charge in [-0.05, 0) is 30.3 Å². The number of hydrogen-bond acceptors (Lipinski definition) is 5. The number of anilines is 1. The maximum absolute atomic E-state index is 13.4. The largest absolute Gasteiger partial charge is 0.378 e. The second kappa shape index (κ2) is 7.50. The van der Waals surface area contributed by atoms with Gasteiger partial charge in [0.2, 0.25) is 0 Å². The van der Waals surface area contributed by atoms with Crippen molar-refractivity contribution >= 4 is 16.7 Å². The van der Waals surface area contributed by atoms with Crippen LogP contribution < -0.4 is 5.32 Å². The minimum Gasteiger partial charge on any atom is -0.378 e. The Kier molecular flexibility index (Phi) is 4.72. The van der Waals surface area contributed by atoms with Crippen LogP contribution in [0, 0.1) is 5.82 Å². The van der Waals surface area contributed by atoms with E-state index in [4.69, 9.17) is 9.47 Å². The van der Waals surface area contributed by atoms with Gasteiger partial charge in [0.05, 0.1) is 49.0 Å². The molecular weight excluding hydrogens is 359 g/mol. The van der Waals surface area contributed by atoms with E-state index in [1.807, 2.05) is 30.3 Å². The predicted octanol–water partition coefficient (Wildman–Crippen LogP) is 2.78. The van der Waals surface area contributed by atoms with Gasteiger partial charge in [-0.2, -0.15) is 0 Å². The lowest BCUT2D eigenvalue weighted by Gasteiger charge is -2.19. The first kappa shape index (κ1) is 17.6. The van der Waals surface area contributed by atoms with E-state index in [0.29, 0.717) is 13.2 Å². The molecule has 0 radical (unpaired) electrons. The number of halogens is 1. The van der Waals surface area contributed by atoms with Crippen LogP contribution in [0.4, 0.5) is 10.1 Å². The lowest BCUT2D eigenvalue weighted by Crippen LogP contribution is -2.31. The van der Waals surface area contributed by atoms with E-state index in [2.05, 4.69) is 20.2 Å². The van der Waals surface area contributed by atoms with Crippen LogP contribution in [0.2, 0.25) is 0 Å². The molecular formula is C21H23FN4O2. The Morgan fingerprint density at radius 2 is 1.86 bits per heavy atom. The Morgan fingerprint density at radius 1 is 1.07 bits per heavy atom. The molecule has 2 saturated heterocycles. The summed E-state index contributed by atoms with van der Waals surface area (Å²) in [5, 5.41) is 3.30. The van der Waals surface area contributed by atoms with Crippen molar-refractivity contribution in [3.63, 3.8) is 0 Å². The summed E-state index contributed by atoms with van der Waals surface area (Å²) in [5.74, 6) is 0.710. The van der Waals surface area contributed by atoms with Crippen molar-refractivity contribution in [1.82, 2.24) is 14.9 Å². The summed E-state index contributed by atoms with van der Waals surface area (Å²) in [5.41, 5.74) is 2.80. The average Bonchev–Trinajstić information content (AvgIpc) is 3.22. The summed E-state index contributed by atoms with van der Waals surface area (Å²) in [7, 11) is 0. The van der Waals surface area contributed by atoms with Crippen LogP contribution in [0.5, 0.6) is 0 Å². The van der Waals surface area contributed by atoms with Crippen molar-refractivity contribution in [2.75, 3.05) is 31.6 Å². The number of aromatic nitrogens is 2. The van der Waals surface area contributed by atoms with Gasteiger partial charge in [0.1, 0.15) is 11.6 Å². The number of nitrogens with zero attached hydrogens (tertiary/aromatic N) is 2. The highest BCUT2D eigenvalue weighted by Crippen LogP contribution is 2.23. The Balaban J connectivity index is 1.18. The third-order valence-corrected chi connectivity index (χ3v) is 5.32. The van der Waals surface area contributed by atoms with E-state index in [-0.39, 0.29) is 24.1 Å². The first-order valence-electron chi connectivity index (χ1n) is 9.64. The number of nitrogens with one attached hydrogen (secondary N) is 2. The first-order valence-corrected chi connectivity index (χ1v) is 9.64. The van der Waals surface area contributed by atoms with Crippen molar-refractivity contribution in [3.8, 4) is 0 Å². The highest BCUT2D eigenvalue weighted by Gasteiger charge is 2.37. The van der Waals surface area contributed by atoms with Gasteiger partial charge >= 0.3 is 0 Å². The summed E-state index contributed by atoms with van der Waals surface area (Å²) in [6, 6.07) is 14.5. The molecule has 2 atom stereocenters. The summed E-state index contributed by atoms with van der Waals surface area (Å²) in [6.07, 6.45) is 0.0902. The van der Waals surface area contributed by atoms with Gasteiger partial charge in [0.25, 0.3) is 0 Å².